The van der Waals surface area contributed by atoms with Crippen LogP contribution in [-0.2, 0) is 0 Å². The molecule has 0 aromatic rings. The minimum Gasteiger partial charge on any atom is -0.340 e. The van der Waals surface area contributed by atoms with Gasteiger partial charge in [-0.05, 0) is 6.42 Å². The van der Waals surface area contributed by atoms with Gasteiger partial charge in [0.2, 0.25) is 0 Å². The number of rotatable bonds is 4. The molecule has 0 unspecified atom stereocenters. The summed E-state index contributed by atoms with van der Waals surface area (Å²) in [5, 5.41) is 13.2. The van der Waals surface area contributed by atoms with Crippen molar-refractivity contribution in [3.8, 4) is 0 Å². The van der Waals surface area contributed by atoms with Gasteiger partial charge in [-0.25, -0.2) is 10.2 Å². The fourth-order valence-electron chi connectivity index (χ4n) is 0.559. The fraction of sp³-hybridized carbons (Fsp3) is 0.571. The van der Waals surface area contributed by atoms with Crippen LogP contribution in [0.1, 0.15) is 19.8 Å². The molecule has 0 aliphatic heterocycles. The Bertz CT molecular complexity index is 188. The quantitative estimate of drug-likeness (QED) is 0.422. The van der Waals surface area contributed by atoms with Crippen molar-refractivity contribution in [2.75, 3.05) is 7.05 Å². The van der Waals surface area contributed by atoms with Crippen molar-refractivity contribution in [1.82, 2.24) is 10.7 Å². The third-order valence-electron chi connectivity index (χ3n) is 1.13. The maximum Gasteiger partial charge on any atom is 0.334 e. The molecule has 0 radical (unpaired) electrons. The first-order chi connectivity index (χ1) is 5.70. The molecule has 0 saturated carbocycles. The zero-order valence-electron chi connectivity index (χ0n) is 7.35. The van der Waals surface area contributed by atoms with Gasteiger partial charge < -0.3 is 10.7 Å². The second kappa shape index (κ2) is 6.33. The van der Waals surface area contributed by atoms with E-state index in [0.717, 1.165) is 6.42 Å². The monoisotopic (exact) mass is 170 g/mol. The van der Waals surface area contributed by atoms with Crippen LogP contribution in [0.4, 0.5) is 4.79 Å². The van der Waals surface area contributed by atoms with Crippen LogP contribution in [-0.4, -0.2) is 25.0 Å². The first kappa shape index (κ1) is 10.6. The Morgan fingerprint density at radius 1 is 1.67 bits per heavy atom. The number of amides is 2. The Balaban J connectivity index is 3.61. The second-order valence-electron chi connectivity index (χ2n) is 2.22. The Labute approximate surface area is 71.7 Å². The summed E-state index contributed by atoms with van der Waals surface area (Å²) < 4.78 is 0. The van der Waals surface area contributed by atoms with E-state index in [1.54, 1.807) is 0 Å². The molecule has 0 atom stereocenters. The van der Waals surface area contributed by atoms with Gasteiger partial charge in [-0.1, -0.05) is 13.3 Å². The highest BCUT2D eigenvalue weighted by molar-refractivity contribution is 6.29. The maximum absolute atomic E-state index is 10.5. The third kappa shape index (κ3) is 5.40. The molecule has 0 rings (SSSR count). The van der Waals surface area contributed by atoms with E-state index >= 15 is 0 Å². The van der Waals surface area contributed by atoms with E-state index in [1.807, 2.05) is 6.92 Å². The van der Waals surface area contributed by atoms with Crippen LogP contribution in [0.25, 0.3) is 0 Å². The largest absolute Gasteiger partial charge is 0.340 e. The lowest BCUT2D eigenvalue weighted by Gasteiger charge is -1.96. The van der Waals surface area contributed by atoms with Crippen molar-refractivity contribution in [1.29, 1.82) is 5.41 Å². The second-order valence-corrected chi connectivity index (χ2v) is 2.22. The molecule has 0 fully saturated rings. The summed E-state index contributed by atoms with van der Waals surface area (Å²) in [7, 11) is 1.50. The van der Waals surface area contributed by atoms with E-state index in [2.05, 4.69) is 15.8 Å². The minimum atomic E-state index is -0.379. The number of nitrogens with zero attached hydrogens (tertiary/aromatic N) is 1. The van der Waals surface area contributed by atoms with E-state index in [-0.39, 0.29) is 6.03 Å². The highest BCUT2D eigenvalue weighted by atomic mass is 16.2. The zero-order chi connectivity index (χ0) is 9.40. The molecule has 68 valence electrons. The molecular weight excluding hydrogens is 156 g/mol. The Morgan fingerprint density at radius 3 is 2.83 bits per heavy atom. The topological polar surface area (TPSA) is 77.3 Å². The summed E-state index contributed by atoms with van der Waals surface area (Å²) in [5.74, 6) is 0. The van der Waals surface area contributed by atoms with Gasteiger partial charge in [0.05, 0.1) is 11.9 Å². The lowest BCUT2D eigenvalue weighted by molar-refractivity contribution is 0.243. The van der Waals surface area contributed by atoms with Gasteiger partial charge >= 0.3 is 6.03 Å². The van der Waals surface area contributed by atoms with E-state index in [1.165, 1.54) is 13.3 Å². The molecule has 12 heavy (non-hydrogen) atoms. The number of hydrogen-bond donors (Lipinski definition) is 3. The summed E-state index contributed by atoms with van der Waals surface area (Å²) >= 11 is 0. The molecule has 0 aromatic heterocycles. The van der Waals surface area contributed by atoms with Gasteiger partial charge in [0.15, 0.2) is 0 Å². The van der Waals surface area contributed by atoms with Gasteiger partial charge in [0.25, 0.3) is 0 Å². The summed E-state index contributed by atoms with van der Waals surface area (Å²) in [6.07, 6.45) is 2.92. The molecule has 0 bridgehead atoms. The number of carbonyl (C=O) groups excluding carboxylic acids is 1. The molecule has 5 nitrogen and oxygen atoms in total. The van der Waals surface area contributed by atoms with Crippen LogP contribution in [0.2, 0.25) is 0 Å². The normalized spacial score (nSPS) is 9.83. The first-order valence-corrected chi connectivity index (χ1v) is 3.79. The number of hydrogen-bond acceptors (Lipinski definition) is 3. The molecule has 0 saturated heterocycles. The minimum absolute atomic E-state index is 0.379. The number of urea groups is 1. The van der Waals surface area contributed by atoms with Crippen molar-refractivity contribution in [3.05, 3.63) is 0 Å². The highest BCUT2D eigenvalue weighted by Crippen LogP contribution is 1.85. The molecule has 3 N–H and O–H groups in total. The van der Waals surface area contributed by atoms with Crippen molar-refractivity contribution in [2.24, 2.45) is 5.10 Å². The maximum atomic E-state index is 10.5. The predicted octanol–water partition coefficient (Wildman–Crippen LogP) is 0.721. The van der Waals surface area contributed by atoms with Gasteiger partial charge in [-0.3, -0.25) is 0 Å². The van der Waals surface area contributed by atoms with Crippen molar-refractivity contribution in [3.63, 3.8) is 0 Å². The van der Waals surface area contributed by atoms with Crippen molar-refractivity contribution in [2.45, 2.75) is 19.8 Å². The SMILES string of the molecule is CCCC(=N)C=NNC(=O)NC. The van der Waals surface area contributed by atoms with Crippen LogP contribution in [0.15, 0.2) is 5.10 Å². The predicted molar refractivity (Wildman–Crippen MR) is 48.7 cm³/mol. The lowest BCUT2D eigenvalue weighted by atomic mass is 10.2. The zero-order valence-corrected chi connectivity index (χ0v) is 7.35. The molecular formula is C7H14N4O. The van der Waals surface area contributed by atoms with Crippen LogP contribution >= 0.6 is 0 Å². The molecule has 0 aromatic carbocycles. The molecule has 2 amide bonds. The molecule has 0 spiro atoms. The summed E-state index contributed by atoms with van der Waals surface area (Å²) in [6, 6.07) is -0.379. The average molecular weight is 170 g/mol. The average Bonchev–Trinajstić information content (AvgIpc) is 2.04. The van der Waals surface area contributed by atoms with E-state index in [0.29, 0.717) is 12.1 Å². The van der Waals surface area contributed by atoms with Gasteiger partial charge in [-0.15, -0.1) is 0 Å². The summed E-state index contributed by atoms with van der Waals surface area (Å²) in [6.45, 7) is 1.98. The van der Waals surface area contributed by atoms with Crippen LogP contribution < -0.4 is 10.7 Å². The summed E-state index contributed by atoms with van der Waals surface area (Å²) in [5.41, 5.74) is 2.61. The third-order valence-corrected chi connectivity index (χ3v) is 1.13. The molecule has 0 heterocycles. The number of nitrogens with one attached hydrogen (secondary N) is 3. The number of hydrazone groups is 1. The Kier molecular flexibility index (Phi) is 5.60. The molecule has 5 heteroatoms. The van der Waals surface area contributed by atoms with Gasteiger partial charge in [0, 0.05) is 7.05 Å². The Hall–Kier alpha value is -1.39. The van der Waals surface area contributed by atoms with Crippen LogP contribution in [0.5, 0.6) is 0 Å². The standard InChI is InChI=1S/C7H14N4O/c1-3-4-6(8)5-10-11-7(12)9-2/h5,8H,3-4H2,1-2H3,(H2,9,11,12). The van der Waals surface area contributed by atoms with E-state index in [9.17, 15) is 4.79 Å². The van der Waals surface area contributed by atoms with Crippen LogP contribution in [0, 0.1) is 5.41 Å². The van der Waals surface area contributed by atoms with Crippen molar-refractivity contribution < 1.29 is 4.79 Å². The van der Waals surface area contributed by atoms with Crippen LogP contribution in [0.3, 0.4) is 0 Å². The van der Waals surface area contributed by atoms with E-state index in [4.69, 9.17) is 5.41 Å². The Morgan fingerprint density at radius 2 is 2.33 bits per heavy atom. The first-order valence-electron chi connectivity index (χ1n) is 3.79. The highest BCUT2D eigenvalue weighted by Gasteiger charge is 1.91. The van der Waals surface area contributed by atoms with Gasteiger partial charge in [-0.2, -0.15) is 5.10 Å². The molecule has 0 aliphatic carbocycles. The molecule has 0 aliphatic rings. The van der Waals surface area contributed by atoms with E-state index < -0.39 is 0 Å². The fourth-order valence-corrected chi connectivity index (χ4v) is 0.559. The summed E-state index contributed by atoms with van der Waals surface area (Å²) in [4.78, 5) is 10.5. The lowest BCUT2D eigenvalue weighted by Crippen LogP contribution is -2.29. The van der Waals surface area contributed by atoms with Gasteiger partial charge in [0.1, 0.15) is 0 Å². The van der Waals surface area contributed by atoms with Crippen molar-refractivity contribution >= 4 is 18.0 Å². The smallest absolute Gasteiger partial charge is 0.334 e. The number of carbonyl (C=O) groups is 1.